The number of likely N-dealkylation sites (tertiary alicyclic amines) is 1. The second-order valence-corrected chi connectivity index (χ2v) is 4.36. The predicted octanol–water partition coefficient (Wildman–Crippen LogP) is 1.66. The average molecular weight is 170 g/mol. The minimum absolute atomic E-state index is 0.248. The molecule has 1 aliphatic rings. The van der Waals surface area contributed by atoms with Crippen LogP contribution in [0.1, 0.15) is 33.6 Å². The van der Waals surface area contributed by atoms with E-state index >= 15 is 0 Å². The highest BCUT2D eigenvalue weighted by atomic mass is 15.2. The van der Waals surface area contributed by atoms with Gasteiger partial charge in [-0.05, 0) is 44.7 Å². The molecule has 1 rings (SSSR count). The van der Waals surface area contributed by atoms with Crippen LogP contribution in [0.15, 0.2) is 0 Å². The van der Waals surface area contributed by atoms with Gasteiger partial charge in [-0.15, -0.1) is 0 Å². The molecular weight excluding hydrogens is 148 g/mol. The third-order valence-electron chi connectivity index (χ3n) is 3.09. The number of hydrogen-bond donors (Lipinski definition) is 1. The molecule has 2 heteroatoms. The maximum Gasteiger partial charge on any atom is 0.0542 e. The molecule has 1 aliphatic heterocycles. The Labute approximate surface area is 76.1 Å². The van der Waals surface area contributed by atoms with Crippen LogP contribution in [-0.2, 0) is 0 Å². The van der Waals surface area contributed by atoms with Crippen molar-refractivity contribution in [1.82, 2.24) is 4.90 Å². The van der Waals surface area contributed by atoms with Crippen molar-refractivity contribution in [3.8, 4) is 0 Å². The zero-order chi connectivity index (χ0) is 9.14. The van der Waals surface area contributed by atoms with Crippen LogP contribution in [0.4, 0.5) is 0 Å². The quantitative estimate of drug-likeness (QED) is 0.683. The average Bonchev–Trinajstić information content (AvgIpc) is 2.04. The number of rotatable bonds is 2. The van der Waals surface area contributed by atoms with Crippen molar-refractivity contribution in [2.45, 2.75) is 39.8 Å². The number of nitrogens with two attached hydrogens (primary N) is 1. The summed E-state index contributed by atoms with van der Waals surface area (Å²) in [6, 6.07) is 0. The van der Waals surface area contributed by atoms with E-state index in [-0.39, 0.29) is 6.17 Å². The monoisotopic (exact) mass is 170 g/mol. The Morgan fingerprint density at radius 2 is 1.67 bits per heavy atom. The summed E-state index contributed by atoms with van der Waals surface area (Å²) in [5.41, 5.74) is 5.81. The first-order valence-electron chi connectivity index (χ1n) is 5.11. The first-order valence-corrected chi connectivity index (χ1v) is 5.11. The van der Waals surface area contributed by atoms with Gasteiger partial charge < -0.3 is 5.73 Å². The number of nitrogens with zero attached hydrogens (tertiary/aromatic N) is 1. The molecule has 0 aromatic heterocycles. The van der Waals surface area contributed by atoms with Gasteiger partial charge in [0.25, 0.3) is 0 Å². The molecule has 1 atom stereocenters. The smallest absolute Gasteiger partial charge is 0.0542 e. The number of hydrogen-bond acceptors (Lipinski definition) is 2. The van der Waals surface area contributed by atoms with Gasteiger partial charge >= 0.3 is 0 Å². The summed E-state index contributed by atoms with van der Waals surface area (Å²) in [7, 11) is 0. The maximum atomic E-state index is 5.81. The Kier molecular flexibility index (Phi) is 3.53. The van der Waals surface area contributed by atoms with Crippen molar-refractivity contribution in [1.29, 1.82) is 0 Å². The van der Waals surface area contributed by atoms with Crippen molar-refractivity contribution in [3.63, 3.8) is 0 Å². The maximum absolute atomic E-state index is 5.81. The van der Waals surface area contributed by atoms with E-state index in [0.29, 0.717) is 0 Å². The second-order valence-electron chi connectivity index (χ2n) is 4.36. The highest BCUT2D eigenvalue weighted by molar-refractivity contribution is 4.75. The highest BCUT2D eigenvalue weighted by Crippen LogP contribution is 2.24. The molecule has 2 N–H and O–H groups in total. The molecule has 0 aromatic rings. The van der Waals surface area contributed by atoms with E-state index in [2.05, 4.69) is 25.7 Å². The van der Waals surface area contributed by atoms with Crippen molar-refractivity contribution in [2.75, 3.05) is 13.1 Å². The van der Waals surface area contributed by atoms with Crippen molar-refractivity contribution in [2.24, 2.45) is 17.6 Å². The van der Waals surface area contributed by atoms with E-state index in [1.807, 2.05) is 0 Å². The largest absolute Gasteiger partial charge is 0.316 e. The summed E-state index contributed by atoms with van der Waals surface area (Å²) in [6.45, 7) is 9.12. The minimum Gasteiger partial charge on any atom is -0.316 e. The van der Waals surface area contributed by atoms with Crippen LogP contribution < -0.4 is 5.73 Å². The first-order chi connectivity index (χ1) is 5.61. The van der Waals surface area contributed by atoms with Crippen molar-refractivity contribution >= 4 is 0 Å². The zero-order valence-corrected chi connectivity index (χ0v) is 8.59. The Morgan fingerprint density at radius 3 is 2.00 bits per heavy atom. The summed E-state index contributed by atoms with van der Waals surface area (Å²) < 4.78 is 0. The third-order valence-corrected chi connectivity index (χ3v) is 3.09. The van der Waals surface area contributed by atoms with E-state index in [1.165, 1.54) is 25.9 Å². The van der Waals surface area contributed by atoms with Gasteiger partial charge in [-0.25, -0.2) is 0 Å². The lowest BCUT2D eigenvalue weighted by Crippen LogP contribution is -2.45. The Morgan fingerprint density at radius 1 is 1.17 bits per heavy atom. The molecule has 0 radical (unpaired) electrons. The molecule has 0 amide bonds. The predicted molar refractivity (Wildman–Crippen MR) is 52.8 cm³/mol. The van der Waals surface area contributed by atoms with Gasteiger partial charge in [-0.1, -0.05) is 13.8 Å². The van der Waals surface area contributed by atoms with Gasteiger partial charge in [-0.2, -0.15) is 0 Å². The van der Waals surface area contributed by atoms with E-state index in [0.717, 1.165) is 11.8 Å². The van der Waals surface area contributed by atoms with E-state index in [4.69, 9.17) is 5.73 Å². The van der Waals surface area contributed by atoms with Crippen LogP contribution in [0.2, 0.25) is 0 Å². The van der Waals surface area contributed by atoms with Crippen LogP contribution in [0, 0.1) is 11.8 Å². The molecule has 0 aromatic carbocycles. The van der Waals surface area contributed by atoms with E-state index in [1.54, 1.807) is 0 Å². The molecule has 1 saturated heterocycles. The van der Waals surface area contributed by atoms with Gasteiger partial charge in [0.15, 0.2) is 0 Å². The van der Waals surface area contributed by atoms with Gasteiger partial charge in [0.1, 0.15) is 0 Å². The van der Waals surface area contributed by atoms with Gasteiger partial charge in [0, 0.05) is 0 Å². The summed E-state index contributed by atoms with van der Waals surface area (Å²) in [5.74, 6) is 1.78. The van der Waals surface area contributed by atoms with Gasteiger partial charge in [0.2, 0.25) is 0 Å². The molecule has 1 fully saturated rings. The molecular formula is C10H22N2. The third kappa shape index (κ3) is 2.46. The zero-order valence-electron chi connectivity index (χ0n) is 8.59. The fraction of sp³-hybridized carbons (Fsp3) is 1.00. The lowest BCUT2D eigenvalue weighted by Gasteiger charge is -2.35. The molecule has 0 aliphatic carbocycles. The second kappa shape index (κ2) is 4.24. The molecule has 0 spiro atoms. The summed E-state index contributed by atoms with van der Waals surface area (Å²) in [6.07, 6.45) is 2.91. The molecule has 0 bridgehead atoms. The molecule has 12 heavy (non-hydrogen) atoms. The normalized spacial score (nSPS) is 24.8. The molecule has 1 unspecified atom stereocenters. The molecule has 2 nitrogen and oxygen atoms in total. The summed E-state index contributed by atoms with van der Waals surface area (Å²) >= 11 is 0. The fourth-order valence-electron chi connectivity index (χ4n) is 1.99. The van der Waals surface area contributed by atoms with Crippen molar-refractivity contribution in [3.05, 3.63) is 0 Å². The Hall–Kier alpha value is -0.0800. The molecule has 0 saturated carbocycles. The van der Waals surface area contributed by atoms with Gasteiger partial charge in [0.05, 0.1) is 6.17 Å². The standard InChI is InChI=1S/C10H22N2/c1-8(2)10-4-6-12(7-5-10)9(3)11/h8-10H,4-7,11H2,1-3H3. The Bertz CT molecular complexity index is 108. The number of piperidine rings is 1. The van der Waals surface area contributed by atoms with Crippen LogP contribution >= 0.6 is 0 Å². The van der Waals surface area contributed by atoms with Crippen LogP contribution in [0.3, 0.4) is 0 Å². The van der Waals surface area contributed by atoms with E-state index in [9.17, 15) is 0 Å². The van der Waals surface area contributed by atoms with Crippen molar-refractivity contribution < 1.29 is 0 Å². The van der Waals surface area contributed by atoms with Gasteiger partial charge in [-0.3, -0.25) is 4.90 Å². The topological polar surface area (TPSA) is 29.3 Å². The molecule has 72 valence electrons. The van der Waals surface area contributed by atoms with Crippen LogP contribution in [0.5, 0.6) is 0 Å². The summed E-state index contributed by atoms with van der Waals surface area (Å²) in [5, 5.41) is 0. The highest BCUT2D eigenvalue weighted by Gasteiger charge is 2.22. The minimum atomic E-state index is 0.248. The van der Waals surface area contributed by atoms with Crippen LogP contribution in [-0.4, -0.2) is 24.2 Å². The lowest BCUT2D eigenvalue weighted by molar-refractivity contribution is 0.124. The summed E-state index contributed by atoms with van der Waals surface area (Å²) in [4.78, 5) is 2.37. The lowest BCUT2D eigenvalue weighted by atomic mass is 9.86. The molecule has 1 heterocycles. The van der Waals surface area contributed by atoms with E-state index < -0.39 is 0 Å². The fourth-order valence-corrected chi connectivity index (χ4v) is 1.99. The SMILES string of the molecule is CC(C)C1CCN(C(C)N)CC1. The Balaban J connectivity index is 2.30. The van der Waals surface area contributed by atoms with Crippen LogP contribution in [0.25, 0.3) is 0 Å². The first kappa shape index (κ1) is 10.0.